The third-order valence-electron chi connectivity index (χ3n) is 2.84. The molecule has 0 bridgehead atoms. The van der Waals surface area contributed by atoms with Crippen LogP contribution in [0.1, 0.15) is 24.2 Å². The Morgan fingerprint density at radius 3 is 2.62 bits per heavy atom. The summed E-state index contributed by atoms with van der Waals surface area (Å²) in [5.74, 6) is -2.05. The molecule has 0 unspecified atom stereocenters. The number of nitro groups is 1. The fourth-order valence-corrected chi connectivity index (χ4v) is 1.86. The first kappa shape index (κ1) is 19.4. The van der Waals surface area contributed by atoms with Gasteiger partial charge in [-0.05, 0) is 19.9 Å². The molecule has 0 fully saturated rings. The molecule has 0 radical (unpaired) electrons. The van der Waals surface area contributed by atoms with Crippen LogP contribution in [0.4, 0.5) is 5.69 Å². The molecule has 0 aliphatic rings. The molecular formula is C14H16ClN3O6. The van der Waals surface area contributed by atoms with Crippen LogP contribution in [0.25, 0.3) is 0 Å². The second-order valence-corrected chi connectivity index (χ2v) is 5.09. The van der Waals surface area contributed by atoms with Crippen molar-refractivity contribution in [3.8, 4) is 0 Å². The first-order valence-electron chi connectivity index (χ1n) is 6.94. The van der Waals surface area contributed by atoms with E-state index in [1.807, 2.05) is 0 Å². The Bertz CT molecular complexity index is 664. The van der Waals surface area contributed by atoms with Crippen molar-refractivity contribution in [3.63, 3.8) is 0 Å². The molecule has 0 aliphatic heterocycles. The maximum absolute atomic E-state index is 11.9. The summed E-state index contributed by atoms with van der Waals surface area (Å²) in [4.78, 5) is 45.0. The van der Waals surface area contributed by atoms with Crippen LogP contribution in [0.15, 0.2) is 18.2 Å². The first-order chi connectivity index (χ1) is 11.3. The predicted molar refractivity (Wildman–Crippen MR) is 84.7 cm³/mol. The van der Waals surface area contributed by atoms with E-state index in [2.05, 4.69) is 10.6 Å². The average molecular weight is 358 g/mol. The van der Waals surface area contributed by atoms with E-state index >= 15 is 0 Å². The van der Waals surface area contributed by atoms with Crippen LogP contribution < -0.4 is 10.6 Å². The van der Waals surface area contributed by atoms with Gasteiger partial charge in [0.05, 0.1) is 15.5 Å². The number of nitrogens with zero attached hydrogens (tertiary/aromatic N) is 1. The third kappa shape index (κ3) is 5.51. The largest absolute Gasteiger partial charge is 0.452 e. The highest BCUT2D eigenvalue weighted by molar-refractivity contribution is 6.33. The maximum atomic E-state index is 11.9. The molecule has 2 N–H and O–H groups in total. The van der Waals surface area contributed by atoms with Crippen LogP contribution >= 0.6 is 11.6 Å². The van der Waals surface area contributed by atoms with Crippen molar-refractivity contribution in [3.05, 3.63) is 38.9 Å². The molecule has 1 atom stereocenters. The Labute approximate surface area is 142 Å². The lowest BCUT2D eigenvalue weighted by atomic mass is 10.2. The number of nitro benzene ring substituents is 1. The Morgan fingerprint density at radius 2 is 2.04 bits per heavy atom. The number of nitrogens with one attached hydrogen (secondary N) is 2. The van der Waals surface area contributed by atoms with E-state index in [0.717, 1.165) is 12.1 Å². The molecule has 0 heterocycles. The second-order valence-electron chi connectivity index (χ2n) is 4.68. The number of halogens is 1. The number of amides is 2. The minimum Gasteiger partial charge on any atom is -0.452 e. The summed E-state index contributed by atoms with van der Waals surface area (Å²) in [6, 6.07) is 2.49. The van der Waals surface area contributed by atoms with Gasteiger partial charge in [0.2, 0.25) is 5.91 Å². The van der Waals surface area contributed by atoms with Crippen LogP contribution in [0.5, 0.6) is 0 Å². The summed E-state index contributed by atoms with van der Waals surface area (Å²) in [6.45, 7) is 2.97. The van der Waals surface area contributed by atoms with Gasteiger partial charge in [-0.3, -0.25) is 19.7 Å². The fourth-order valence-electron chi connectivity index (χ4n) is 1.67. The zero-order chi connectivity index (χ0) is 18.3. The quantitative estimate of drug-likeness (QED) is 0.426. The highest BCUT2D eigenvalue weighted by Gasteiger charge is 2.19. The summed E-state index contributed by atoms with van der Waals surface area (Å²) in [7, 11) is 0. The third-order valence-corrected chi connectivity index (χ3v) is 3.17. The topological polar surface area (TPSA) is 128 Å². The summed E-state index contributed by atoms with van der Waals surface area (Å²) in [5, 5.41) is 15.5. The lowest BCUT2D eigenvalue weighted by Crippen LogP contribution is -2.46. The van der Waals surface area contributed by atoms with Gasteiger partial charge in [0.1, 0.15) is 6.04 Å². The van der Waals surface area contributed by atoms with Gasteiger partial charge in [-0.2, -0.15) is 0 Å². The van der Waals surface area contributed by atoms with E-state index in [9.17, 15) is 24.5 Å². The number of rotatable bonds is 7. The number of hydrogen-bond acceptors (Lipinski definition) is 6. The van der Waals surface area contributed by atoms with E-state index in [4.69, 9.17) is 16.3 Å². The normalized spacial score (nSPS) is 11.3. The molecule has 0 spiro atoms. The molecule has 130 valence electrons. The summed E-state index contributed by atoms with van der Waals surface area (Å²) >= 11 is 5.79. The van der Waals surface area contributed by atoms with Crippen molar-refractivity contribution in [2.45, 2.75) is 19.9 Å². The van der Waals surface area contributed by atoms with Crippen LogP contribution in [0.3, 0.4) is 0 Å². The zero-order valence-electron chi connectivity index (χ0n) is 13.0. The molecule has 1 aromatic rings. The minimum atomic E-state index is -0.982. The standard InChI is InChI=1S/C14H16ClN3O6/c1-3-16-13(20)8(2)17-12(19)7-24-14(21)10-6-9(18(22)23)4-5-11(10)15/h4-6,8H,3,7H2,1-2H3,(H,16,20)(H,17,19)/t8-/m0/s1. The fraction of sp³-hybridized carbons (Fsp3) is 0.357. The van der Waals surface area contributed by atoms with Crippen molar-refractivity contribution < 1.29 is 24.0 Å². The molecular weight excluding hydrogens is 342 g/mol. The molecule has 9 nitrogen and oxygen atoms in total. The van der Waals surface area contributed by atoms with Crippen LogP contribution in [0.2, 0.25) is 5.02 Å². The number of ether oxygens (including phenoxy) is 1. The molecule has 10 heteroatoms. The summed E-state index contributed by atoms with van der Waals surface area (Å²) < 4.78 is 4.76. The summed E-state index contributed by atoms with van der Waals surface area (Å²) in [5.41, 5.74) is -0.559. The van der Waals surface area contributed by atoms with Gasteiger partial charge in [-0.15, -0.1) is 0 Å². The van der Waals surface area contributed by atoms with Crippen molar-refractivity contribution >= 4 is 35.1 Å². The Hall–Kier alpha value is -2.68. The zero-order valence-corrected chi connectivity index (χ0v) is 13.8. The number of hydrogen-bond donors (Lipinski definition) is 2. The van der Waals surface area contributed by atoms with Crippen LogP contribution in [-0.2, 0) is 14.3 Å². The van der Waals surface area contributed by atoms with Gasteiger partial charge in [0, 0.05) is 18.7 Å². The molecule has 2 amide bonds. The average Bonchev–Trinajstić information content (AvgIpc) is 2.52. The Kier molecular flexibility index (Phi) is 7.12. The van der Waals surface area contributed by atoms with Crippen molar-refractivity contribution in [1.29, 1.82) is 0 Å². The Balaban J connectivity index is 2.63. The monoisotopic (exact) mass is 357 g/mol. The summed E-state index contributed by atoms with van der Waals surface area (Å²) in [6.07, 6.45) is 0. The van der Waals surface area contributed by atoms with E-state index in [1.54, 1.807) is 6.92 Å². The van der Waals surface area contributed by atoms with E-state index < -0.39 is 29.4 Å². The second kappa shape index (κ2) is 8.82. The molecule has 1 aromatic carbocycles. The molecule has 24 heavy (non-hydrogen) atoms. The smallest absolute Gasteiger partial charge is 0.340 e. The number of esters is 1. The molecule has 0 saturated heterocycles. The number of carbonyl (C=O) groups excluding carboxylic acids is 3. The van der Waals surface area contributed by atoms with E-state index in [-0.39, 0.29) is 22.2 Å². The lowest BCUT2D eigenvalue weighted by molar-refractivity contribution is -0.384. The first-order valence-corrected chi connectivity index (χ1v) is 7.32. The molecule has 0 aromatic heterocycles. The molecule has 0 saturated carbocycles. The molecule has 0 aliphatic carbocycles. The molecule has 1 rings (SSSR count). The lowest BCUT2D eigenvalue weighted by Gasteiger charge is -2.13. The highest BCUT2D eigenvalue weighted by Crippen LogP contribution is 2.22. The number of carbonyl (C=O) groups is 3. The SMILES string of the molecule is CCNC(=O)[C@H](C)NC(=O)COC(=O)c1cc([N+](=O)[O-])ccc1Cl. The van der Waals surface area contributed by atoms with Gasteiger partial charge >= 0.3 is 5.97 Å². The van der Waals surface area contributed by atoms with Crippen LogP contribution in [0, 0.1) is 10.1 Å². The van der Waals surface area contributed by atoms with Gasteiger partial charge in [0.15, 0.2) is 6.61 Å². The maximum Gasteiger partial charge on any atom is 0.340 e. The van der Waals surface area contributed by atoms with E-state index in [1.165, 1.54) is 13.0 Å². The predicted octanol–water partition coefficient (Wildman–Crippen LogP) is 1.05. The minimum absolute atomic E-state index is 0.0401. The van der Waals surface area contributed by atoms with Crippen molar-refractivity contribution in [2.75, 3.05) is 13.2 Å². The van der Waals surface area contributed by atoms with Crippen molar-refractivity contribution in [1.82, 2.24) is 10.6 Å². The van der Waals surface area contributed by atoms with Crippen LogP contribution in [-0.4, -0.2) is 41.9 Å². The number of likely N-dealkylation sites (N-methyl/N-ethyl adjacent to an activating group) is 1. The van der Waals surface area contributed by atoms with Gasteiger partial charge < -0.3 is 15.4 Å². The van der Waals surface area contributed by atoms with Gasteiger partial charge in [-0.25, -0.2) is 4.79 Å². The van der Waals surface area contributed by atoms with E-state index in [0.29, 0.717) is 6.54 Å². The van der Waals surface area contributed by atoms with Gasteiger partial charge in [0.25, 0.3) is 11.6 Å². The number of non-ortho nitro benzene ring substituents is 1. The van der Waals surface area contributed by atoms with Gasteiger partial charge in [-0.1, -0.05) is 11.6 Å². The number of benzene rings is 1. The highest BCUT2D eigenvalue weighted by atomic mass is 35.5. The Morgan fingerprint density at radius 1 is 1.38 bits per heavy atom. The van der Waals surface area contributed by atoms with Crippen molar-refractivity contribution in [2.24, 2.45) is 0 Å².